The molecule has 1 fully saturated rings. The van der Waals surface area contributed by atoms with Crippen molar-refractivity contribution in [1.29, 1.82) is 0 Å². The van der Waals surface area contributed by atoms with Gasteiger partial charge < -0.3 is 4.90 Å². The van der Waals surface area contributed by atoms with Gasteiger partial charge in [-0.25, -0.2) is 4.98 Å². The molecule has 1 aliphatic heterocycles. The van der Waals surface area contributed by atoms with Crippen molar-refractivity contribution >= 4 is 11.6 Å². The summed E-state index contributed by atoms with van der Waals surface area (Å²) in [5.41, 5.74) is 1.62. The Morgan fingerprint density at radius 2 is 1.96 bits per heavy atom. The predicted molar refractivity (Wildman–Crippen MR) is 108 cm³/mol. The lowest BCUT2D eigenvalue weighted by Gasteiger charge is -2.37. The van der Waals surface area contributed by atoms with Gasteiger partial charge in [0.2, 0.25) is 0 Å². The van der Waals surface area contributed by atoms with E-state index < -0.39 is 0 Å². The number of aromatic nitrogens is 2. The average molecular weight is 376 g/mol. The maximum absolute atomic E-state index is 13.0. The second kappa shape index (κ2) is 7.94. The maximum atomic E-state index is 13.0. The van der Waals surface area contributed by atoms with E-state index in [1.54, 1.807) is 23.2 Å². The minimum Gasteiger partial charge on any atom is -0.337 e. The van der Waals surface area contributed by atoms with Gasteiger partial charge in [-0.3, -0.25) is 18.9 Å². The van der Waals surface area contributed by atoms with Crippen molar-refractivity contribution in [2.24, 2.45) is 0 Å². The molecule has 1 aromatic carbocycles. The molecule has 1 atom stereocenters. The molecule has 4 rings (SSSR count). The Balaban J connectivity index is 1.51. The minimum absolute atomic E-state index is 0.134. The van der Waals surface area contributed by atoms with Crippen LogP contribution >= 0.6 is 0 Å². The lowest BCUT2D eigenvalue weighted by atomic mass is 10.0. The zero-order valence-corrected chi connectivity index (χ0v) is 16.0. The highest BCUT2D eigenvalue weighted by molar-refractivity contribution is 5.93. The molecule has 0 bridgehead atoms. The highest BCUT2D eigenvalue weighted by Crippen LogP contribution is 2.18. The summed E-state index contributed by atoms with van der Waals surface area (Å²) in [5, 5.41) is 0. The number of rotatable bonds is 4. The SMILES string of the molecule is CN(Cc1ccccc1)[C@H]1CCCN(C(=O)c2cnc3ccccn3c2=O)C1. The number of carbonyl (C=O) groups excluding carboxylic acids is 1. The Bertz CT molecular complexity index is 1030. The molecule has 3 aromatic rings. The second-order valence-electron chi connectivity index (χ2n) is 7.35. The van der Waals surface area contributed by atoms with Gasteiger partial charge in [-0.05, 0) is 37.6 Å². The number of fused-ring (bicyclic) bond motifs is 1. The van der Waals surface area contributed by atoms with Gasteiger partial charge in [-0.15, -0.1) is 0 Å². The first kappa shape index (κ1) is 18.4. The summed E-state index contributed by atoms with van der Waals surface area (Å²) < 4.78 is 1.43. The van der Waals surface area contributed by atoms with Gasteiger partial charge in [-0.1, -0.05) is 36.4 Å². The Morgan fingerprint density at radius 3 is 2.79 bits per heavy atom. The molecule has 1 amide bonds. The Hall–Kier alpha value is -2.99. The number of carbonyl (C=O) groups is 1. The summed E-state index contributed by atoms with van der Waals surface area (Å²) in [4.78, 5) is 34.1. The summed E-state index contributed by atoms with van der Waals surface area (Å²) in [7, 11) is 2.10. The fourth-order valence-electron chi connectivity index (χ4n) is 3.84. The second-order valence-corrected chi connectivity index (χ2v) is 7.35. The molecule has 0 saturated carbocycles. The van der Waals surface area contributed by atoms with E-state index in [0.717, 1.165) is 19.4 Å². The molecular formula is C22H24N4O2. The number of hydrogen-bond acceptors (Lipinski definition) is 4. The summed E-state index contributed by atoms with van der Waals surface area (Å²) in [6.07, 6.45) is 5.03. The molecule has 0 spiro atoms. The number of piperidine rings is 1. The van der Waals surface area contributed by atoms with Crippen molar-refractivity contribution in [3.63, 3.8) is 0 Å². The molecule has 0 radical (unpaired) electrons. The van der Waals surface area contributed by atoms with Crippen LogP contribution in [0, 0.1) is 0 Å². The zero-order chi connectivity index (χ0) is 19.5. The molecule has 1 saturated heterocycles. The van der Waals surface area contributed by atoms with Crippen LogP contribution in [0.25, 0.3) is 5.65 Å². The first-order valence-electron chi connectivity index (χ1n) is 9.63. The Labute approximate surface area is 164 Å². The van der Waals surface area contributed by atoms with Crippen molar-refractivity contribution < 1.29 is 4.79 Å². The minimum atomic E-state index is -0.310. The number of likely N-dealkylation sites (tertiary alicyclic amines) is 1. The number of hydrogen-bond donors (Lipinski definition) is 0. The Morgan fingerprint density at radius 1 is 1.18 bits per heavy atom. The van der Waals surface area contributed by atoms with Gasteiger partial charge in [0.15, 0.2) is 0 Å². The van der Waals surface area contributed by atoms with Gasteiger partial charge in [0.05, 0.1) is 0 Å². The van der Waals surface area contributed by atoms with Gasteiger partial charge in [0.1, 0.15) is 11.2 Å². The molecule has 0 aliphatic carbocycles. The molecule has 0 N–H and O–H groups in total. The van der Waals surface area contributed by atoms with Crippen molar-refractivity contribution in [2.45, 2.75) is 25.4 Å². The van der Waals surface area contributed by atoms with Crippen LogP contribution in [0.5, 0.6) is 0 Å². The quantitative estimate of drug-likeness (QED) is 0.702. The Kier molecular flexibility index (Phi) is 5.21. The molecule has 28 heavy (non-hydrogen) atoms. The average Bonchev–Trinajstić information content (AvgIpc) is 2.74. The predicted octanol–water partition coefficient (Wildman–Crippen LogP) is 2.43. The lowest BCUT2D eigenvalue weighted by molar-refractivity contribution is 0.0600. The van der Waals surface area contributed by atoms with Gasteiger partial charge in [-0.2, -0.15) is 0 Å². The van der Waals surface area contributed by atoms with E-state index in [9.17, 15) is 9.59 Å². The van der Waals surface area contributed by atoms with Crippen LogP contribution in [0.2, 0.25) is 0 Å². The van der Waals surface area contributed by atoms with Gasteiger partial charge in [0.25, 0.3) is 11.5 Å². The third-order valence-corrected chi connectivity index (χ3v) is 5.43. The number of likely N-dealkylation sites (N-methyl/N-ethyl adjacent to an activating group) is 1. The fourth-order valence-corrected chi connectivity index (χ4v) is 3.84. The molecule has 6 nitrogen and oxygen atoms in total. The van der Waals surface area contributed by atoms with E-state index in [4.69, 9.17) is 0 Å². The molecule has 2 aromatic heterocycles. The van der Waals surface area contributed by atoms with E-state index >= 15 is 0 Å². The van der Waals surface area contributed by atoms with Crippen molar-refractivity contribution in [1.82, 2.24) is 19.2 Å². The maximum Gasteiger partial charge on any atom is 0.270 e. The molecule has 144 valence electrons. The highest BCUT2D eigenvalue weighted by atomic mass is 16.2. The third-order valence-electron chi connectivity index (χ3n) is 5.43. The normalized spacial score (nSPS) is 17.2. The van der Waals surface area contributed by atoms with Gasteiger partial charge in [0, 0.05) is 38.1 Å². The number of nitrogens with zero attached hydrogens (tertiary/aromatic N) is 4. The number of benzene rings is 1. The van der Waals surface area contributed by atoms with Crippen LogP contribution < -0.4 is 5.56 Å². The van der Waals surface area contributed by atoms with Crippen LogP contribution in [0.15, 0.2) is 65.7 Å². The smallest absolute Gasteiger partial charge is 0.270 e. The lowest BCUT2D eigenvalue weighted by Crippen LogP contribution is -2.49. The van der Waals surface area contributed by atoms with Crippen molar-refractivity contribution in [3.05, 3.63) is 82.4 Å². The third kappa shape index (κ3) is 3.68. The molecule has 3 heterocycles. The molecule has 1 aliphatic rings. The van der Waals surface area contributed by atoms with E-state index in [0.29, 0.717) is 18.7 Å². The number of pyridine rings is 1. The monoisotopic (exact) mass is 376 g/mol. The van der Waals surface area contributed by atoms with Gasteiger partial charge >= 0.3 is 0 Å². The van der Waals surface area contributed by atoms with E-state index in [-0.39, 0.29) is 23.1 Å². The van der Waals surface area contributed by atoms with Crippen LogP contribution in [0.3, 0.4) is 0 Å². The first-order valence-corrected chi connectivity index (χ1v) is 9.63. The van der Waals surface area contributed by atoms with Crippen LogP contribution in [0.1, 0.15) is 28.8 Å². The fraction of sp³-hybridized carbons (Fsp3) is 0.318. The van der Waals surface area contributed by atoms with E-state index in [1.165, 1.54) is 16.2 Å². The summed E-state index contributed by atoms with van der Waals surface area (Å²) in [6.45, 7) is 2.14. The highest BCUT2D eigenvalue weighted by Gasteiger charge is 2.28. The molecule has 0 unspecified atom stereocenters. The van der Waals surface area contributed by atoms with E-state index in [2.05, 4.69) is 29.1 Å². The summed E-state index contributed by atoms with van der Waals surface area (Å²) in [5.74, 6) is -0.228. The first-order chi connectivity index (χ1) is 13.6. The molecule has 6 heteroatoms. The molecular weight excluding hydrogens is 352 g/mol. The van der Waals surface area contributed by atoms with Crippen molar-refractivity contribution in [3.8, 4) is 0 Å². The van der Waals surface area contributed by atoms with Crippen LogP contribution in [-0.4, -0.2) is 51.3 Å². The zero-order valence-electron chi connectivity index (χ0n) is 16.0. The van der Waals surface area contributed by atoms with E-state index in [1.807, 2.05) is 24.3 Å². The standard InChI is InChI=1S/C22H24N4O2/c1-24(15-17-8-3-2-4-9-17)18-10-7-12-25(16-18)21(27)19-14-23-20-11-5-6-13-26(20)22(19)28/h2-6,8-9,11,13-14,18H,7,10,12,15-16H2,1H3/t18-/m0/s1. The summed E-state index contributed by atoms with van der Waals surface area (Å²) in [6, 6.07) is 15.9. The summed E-state index contributed by atoms with van der Waals surface area (Å²) >= 11 is 0. The van der Waals surface area contributed by atoms with Crippen LogP contribution in [0.4, 0.5) is 0 Å². The largest absolute Gasteiger partial charge is 0.337 e. The topological polar surface area (TPSA) is 57.9 Å². The van der Waals surface area contributed by atoms with Crippen LogP contribution in [-0.2, 0) is 6.54 Å². The van der Waals surface area contributed by atoms with Crippen molar-refractivity contribution in [2.75, 3.05) is 20.1 Å². The number of amides is 1.